The van der Waals surface area contributed by atoms with E-state index in [0.717, 1.165) is 17.7 Å². The van der Waals surface area contributed by atoms with Crippen molar-refractivity contribution < 1.29 is 31.8 Å². The van der Waals surface area contributed by atoms with Crippen molar-refractivity contribution in [3.63, 3.8) is 0 Å². The van der Waals surface area contributed by atoms with Crippen LogP contribution < -0.4 is 4.74 Å². The topological polar surface area (TPSA) is 59.3 Å². The monoisotopic (exact) mass is 379 g/mol. The maximum atomic E-state index is 14.6. The van der Waals surface area contributed by atoms with Gasteiger partial charge in [-0.3, -0.25) is 0 Å². The van der Waals surface area contributed by atoms with Crippen LogP contribution in [0.3, 0.4) is 0 Å². The molecule has 0 radical (unpaired) electrons. The van der Waals surface area contributed by atoms with E-state index in [2.05, 4.69) is 0 Å². The first kappa shape index (κ1) is 18.7. The van der Waals surface area contributed by atoms with E-state index in [9.17, 15) is 22.4 Å². The lowest BCUT2D eigenvalue weighted by Gasteiger charge is -2.16. The Balaban J connectivity index is 1.78. The highest BCUT2D eigenvalue weighted by atomic mass is 19.4. The number of halogens is 4. The number of hydrogen-bond acceptors (Lipinski definition) is 4. The highest BCUT2D eigenvalue weighted by Crippen LogP contribution is 2.35. The van der Waals surface area contributed by atoms with Crippen LogP contribution >= 0.6 is 0 Å². The molecule has 3 rings (SSSR count). The molecule has 0 spiro atoms. The number of alkyl halides is 4. The minimum absolute atomic E-state index is 0.120. The number of ether oxygens (including phenoxy) is 2. The molecule has 0 saturated carbocycles. The number of hydrogen-bond donors (Lipinski definition) is 0. The zero-order valence-corrected chi connectivity index (χ0v) is 13.7. The van der Waals surface area contributed by atoms with Crippen LogP contribution in [0.2, 0.25) is 0 Å². The molecule has 3 atom stereocenters. The fourth-order valence-electron chi connectivity index (χ4n) is 2.80. The summed E-state index contributed by atoms with van der Waals surface area (Å²) in [6.45, 7) is 0. The lowest BCUT2D eigenvalue weighted by molar-refractivity contribution is -0.146. The maximum Gasteiger partial charge on any atom is 0.417 e. The second kappa shape index (κ2) is 7.27. The van der Waals surface area contributed by atoms with Crippen LogP contribution in [0.5, 0.6) is 5.75 Å². The summed E-state index contributed by atoms with van der Waals surface area (Å²) in [4.78, 5) is 11.9. The molecule has 140 valence electrons. The van der Waals surface area contributed by atoms with Gasteiger partial charge >= 0.3 is 12.1 Å². The summed E-state index contributed by atoms with van der Waals surface area (Å²) in [6, 6.07) is 12.8. The van der Waals surface area contributed by atoms with E-state index >= 15 is 0 Å². The van der Waals surface area contributed by atoms with Crippen molar-refractivity contribution in [3.05, 3.63) is 65.2 Å². The quantitative estimate of drug-likeness (QED) is 0.598. The normalized spacial score (nSPS) is 22.2. The van der Waals surface area contributed by atoms with E-state index < -0.39 is 41.7 Å². The number of nitrogens with zero attached hydrogens (tertiary/aromatic N) is 1. The molecule has 0 N–H and O–H groups in total. The highest BCUT2D eigenvalue weighted by Gasteiger charge is 2.47. The highest BCUT2D eigenvalue weighted by molar-refractivity contribution is 5.78. The molecule has 1 aliphatic heterocycles. The van der Waals surface area contributed by atoms with Gasteiger partial charge in [-0.1, -0.05) is 30.3 Å². The van der Waals surface area contributed by atoms with Gasteiger partial charge in [0.2, 0.25) is 6.10 Å². The second-order valence-corrected chi connectivity index (χ2v) is 5.96. The number of carbonyl (C=O) groups is 1. The van der Waals surface area contributed by atoms with Gasteiger partial charge in [0.25, 0.3) is 0 Å². The van der Waals surface area contributed by atoms with Gasteiger partial charge in [-0.05, 0) is 23.8 Å². The average molecular weight is 379 g/mol. The Morgan fingerprint density at radius 1 is 1.15 bits per heavy atom. The first-order chi connectivity index (χ1) is 12.8. The van der Waals surface area contributed by atoms with Gasteiger partial charge < -0.3 is 9.47 Å². The number of cyclic esters (lactones) is 1. The molecule has 27 heavy (non-hydrogen) atoms. The smallest absolute Gasteiger partial charge is 0.417 e. The summed E-state index contributed by atoms with van der Waals surface area (Å²) in [6.07, 6.45) is -9.28. The van der Waals surface area contributed by atoms with E-state index in [-0.39, 0.29) is 12.2 Å². The van der Waals surface area contributed by atoms with Gasteiger partial charge in [0.05, 0.1) is 17.2 Å². The Morgan fingerprint density at radius 3 is 2.48 bits per heavy atom. The van der Waals surface area contributed by atoms with Crippen molar-refractivity contribution in [3.8, 4) is 11.8 Å². The molecule has 4 nitrogen and oxygen atoms in total. The molecule has 0 aliphatic carbocycles. The van der Waals surface area contributed by atoms with Crippen molar-refractivity contribution in [1.29, 1.82) is 5.26 Å². The third-order valence-corrected chi connectivity index (χ3v) is 4.10. The van der Waals surface area contributed by atoms with Gasteiger partial charge in [0.15, 0.2) is 6.17 Å². The fourth-order valence-corrected chi connectivity index (χ4v) is 2.80. The molecule has 2 aromatic carbocycles. The Bertz CT molecular complexity index is 877. The predicted molar refractivity (Wildman–Crippen MR) is 85.5 cm³/mol. The van der Waals surface area contributed by atoms with Gasteiger partial charge in [0.1, 0.15) is 11.9 Å². The Labute approximate surface area is 151 Å². The zero-order valence-electron chi connectivity index (χ0n) is 13.7. The second-order valence-electron chi connectivity index (χ2n) is 5.96. The standard InChI is InChI=1S/C19H13F4NO3/c20-16-15(8-11-4-2-1-3-5-11)27-18(25)17(16)26-13-7-6-12(10-24)14(9-13)19(21,22)23/h1-7,9,15-17H,8H2. The summed E-state index contributed by atoms with van der Waals surface area (Å²) >= 11 is 0. The van der Waals surface area contributed by atoms with Gasteiger partial charge in [0, 0.05) is 6.42 Å². The molecular weight excluding hydrogens is 366 g/mol. The van der Waals surface area contributed by atoms with Crippen LogP contribution in [-0.2, 0) is 22.1 Å². The summed E-state index contributed by atoms with van der Waals surface area (Å²) in [7, 11) is 0. The van der Waals surface area contributed by atoms with Crippen LogP contribution in [-0.4, -0.2) is 24.3 Å². The molecular formula is C19H13F4NO3. The maximum absolute atomic E-state index is 14.6. The number of benzene rings is 2. The van der Waals surface area contributed by atoms with Crippen molar-refractivity contribution in [2.24, 2.45) is 0 Å². The van der Waals surface area contributed by atoms with Gasteiger partial charge in [-0.2, -0.15) is 18.4 Å². The van der Waals surface area contributed by atoms with E-state index in [1.165, 1.54) is 6.07 Å². The lowest BCUT2D eigenvalue weighted by atomic mass is 10.0. The third-order valence-electron chi connectivity index (χ3n) is 4.10. The van der Waals surface area contributed by atoms with Crippen molar-refractivity contribution >= 4 is 5.97 Å². The van der Waals surface area contributed by atoms with E-state index in [1.807, 2.05) is 0 Å². The van der Waals surface area contributed by atoms with Crippen LogP contribution in [0.1, 0.15) is 16.7 Å². The molecule has 1 saturated heterocycles. The molecule has 0 amide bonds. The van der Waals surface area contributed by atoms with Gasteiger partial charge in [-0.15, -0.1) is 0 Å². The Morgan fingerprint density at radius 2 is 1.85 bits per heavy atom. The molecule has 0 bridgehead atoms. The first-order valence-corrected chi connectivity index (χ1v) is 7.96. The molecule has 1 aliphatic rings. The average Bonchev–Trinajstić information content (AvgIpc) is 2.89. The summed E-state index contributed by atoms with van der Waals surface area (Å²) < 4.78 is 63.8. The molecule has 8 heteroatoms. The van der Waals surface area contributed by atoms with Gasteiger partial charge in [-0.25, -0.2) is 9.18 Å². The largest absolute Gasteiger partial charge is 0.475 e. The number of esters is 1. The van der Waals surface area contributed by atoms with E-state index in [1.54, 1.807) is 30.3 Å². The number of rotatable bonds is 4. The zero-order chi connectivity index (χ0) is 19.6. The number of carbonyl (C=O) groups excluding carboxylic acids is 1. The third kappa shape index (κ3) is 4.03. The van der Waals surface area contributed by atoms with Crippen LogP contribution in [0.15, 0.2) is 48.5 Å². The fraction of sp³-hybridized carbons (Fsp3) is 0.263. The number of nitriles is 1. The van der Waals surface area contributed by atoms with Crippen molar-refractivity contribution in [2.75, 3.05) is 0 Å². The van der Waals surface area contributed by atoms with Crippen LogP contribution in [0, 0.1) is 11.3 Å². The SMILES string of the molecule is N#Cc1ccc(OC2C(=O)OC(Cc3ccccc3)C2F)cc1C(F)(F)F. The lowest BCUT2D eigenvalue weighted by Crippen LogP contribution is -2.33. The molecule has 3 unspecified atom stereocenters. The minimum Gasteiger partial charge on any atom is -0.475 e. The Hall–Kier alpha value is -3.08. The first-order valence-electron chi connectivity index (χ1n) is 7.96. The van der Waals surface area contributed by atoms with E-state index in [0.29, 0.717) is 6.07 Å². The predicted octanol–water partition coefficient (Wildman–Crippen LogP) is 3.83. The summed E-state index contributed by atoms with van der Waals surface area (Å²) in [5, 5.41) is 8.79. The molecule has 0 aromatic heterocycles. The molecule has 1 heterocycles. The molecule has 2 aromatic rings. The van der Waals surface area contributed by atoms with E-state index in [4.69, 9.17) is 14.7 Å². The van der Waals surface area contributed by atoms with Crippen LogP contribution in [0.4, 0.5) is 17.6 Å². The minimum atomic E-state index is -4.79. The van der Waals surface area contributed by atoms with Crippen molar-refractivity contribution in [1.82, 2.24) is 0 Å². The van der Waals surface area contributed by atoms with Crippen LogP contribution in [0.25, 0.3) is 0 Å². The van der Waals surface area contributed by atoms with Crippen molar-refractivity contribution in [2.45, 2.75) is 31.0 Å². The summed E-state index contributed by atoms with van der Waals surface area (Å²) in [5.74, 6) is -1.35. The summed E-state index contributed by atoms with van der Waals surface area (Å²) in [5.41, 5.74) is -1.07. The molecule has 1 fully saturated rings. The Kier molecular flexibility index (Phi) is 5.04.